The summed E-state index contributed by atoms with van der Waals surface area (Å²) in [4.78, 5) is 0. The van der Waals surface area contributed by atoms with Gasteiger partial charge < -0.3 is 9.84 Å². The summed E-state index contributed by atoms with van der Waals surface area (Å²) < 4.78 is 5.21. The Kier molecular flexibility index (Phi) is 2.82. The summed E-state index contributed by atoms with van der Waals surface area (Å²) in [6, 6.07) is 13.2. The molecule has 2 aromatic carbocycles. The summed E-state index contributed by atoms with van der Waals surface area (Å²) in [6.07, 6.45) is 0. The zero-order valence-corrected chi connectivity index (χ0v) is 9.40. The Balaban J connectivity index is 2.41. The molecule has 0 aliphatic heterocycles. The Hall–Kier alpha value is -1.96. The van der Waals surface area contributed by atoms with Crippen molar-refractivity contribution in [3.63, 3.8) is 0 Å². The smallest absolute Gasteiger partial charge is 0.121 e. The molecule has 0 saturated carbocycles. The SMILES string of the molecule is COc1ccc(-c2ccc(O)cc2)cc1C. The Morgan fingerprint density at radius 2 is 1.56 bits per heavy atom. The van der Waals surface area contributed by atoms with Crippen molar-refractivity contribution in [2.45, 2.75) is 6.92 Å². The molecule has 0 fully saturated rings. The lowest BCUT2D eigenvalue weighted by atomic mass is 10.0. The molecule has 0 radical (unpaired) electrons. The van der Waals surface area contributed by atoms with Crippen molar-refractivity contribution in [2.24, 2.45) is 0 Å². The molecule has 0 aliphatic carbocycles. The first-order valence-electron chi connectivity index (χ1n) is 5.15. The van der Waals surface area contributed by atoms with Crippen LogP contribution in [0.15, 0.2) is 42.5 Å². The molecular weight excluding hydrogens is 200 g/mol. The number of hydrogen-bond acceptors (Lipinski definition) is 2. The van der Waals surface area contributed by atoms with Crippen LogP contribution in [0.1, 0.15) is 5.56 Å². The summed E-state index contributed by atoms with van der Waals surface area (Å²) in [5.41, 5.74) is 3.31. The van der Waals surface area contributed by atoms with E-state index < -0.39 is 0 Å². The minimum atomic E-state index is 0.286. The van der Waals surface area contributed by atoms with E-state index in [1.165, 1.54) is 0 Å². The highest BCUT2D eigenvalue weighted by atomic mass is 16.5. The van der Waals surface area contributed by atoms with Crippen LogP contribution in [0.5, 0.6) is 11.5 Å². The maximum absolute atomic E-state index is 9.22. The molecule has 2 rings (SSSR count). The van der Waals surface area contributed by atoms with Crippen LogP contribution in [0.3, 0.4) is 0 Å². The third-order valence-corrected chi connectivity index (χ3v) is 2.60. The average Bonchev–Trinajstić information content (AvgIpc) is 2.30. The molecule has 0 spiro atoms. The van der Waals surface area contributed by atoms with E-state index in [9.17, 15) is 5.11 Å². The maximum Gasteiger partial charge on any atom is 0.121 e. The van der Waals surface area contributed by atoms with Crippen LogP contribution in [0.4, 0.5) is 0 Å². The molecule has 82 valence electrons. The number of phenolic OH excluding ortho intramolecular Hbond substituents is 1. The van der Waals surface area contributed by atoms with E-state index in [2.05, 4.69) is 6.07 Å². The van der Waals surface area contributed by atoms with Crippen LogP contribution in [-0.4, -0.2) is 12.2 Å². The zero-order valence-electron chi connectivity index (χ0n) is 9.40. The highest BCUT2D eigenvalue weighted by Gasteiger charge is 2.02. The summed E-state index contributed by atoms with van der Waals surface area (Å²) in [6.45, 7) is 2.02. The predicted molar refractivity (Wildman–Crippen MR) is 64.8 cm³/mol. The molecule has 0 atom stereocenters. The Morgan fingerprint density at radius 1 is 0.938 bits per heavy atom. The molecular formula is C14H14O2. The lowest BCUT2D eigenvalue weighted by Gasteiger charge is -2.07. The summed E-state index contributed by atoms with van der Waals surface area (Å²) >= 11 is 0. The van der Waals surface area contributed by atoms with Gasteiger partial charge in [0.2, 0.25) is 0 Å². The van der Waals surface area contributed by atoms with Gasteiger partial charge in [0.1, 0.15) is 11.5 Å². The van der Waals surface area contributed by atoms with Gasteiger partial charge in [-0.15, -0.1) is 0 Å². The van der Waals surface area contributed by atoms with Crippen LogP contribution in [0.2, 0.25) is 0 Å². The van der Waals surface area contributed by atoms with Crippen LogP contribution in [0, 0.1) is 6.92 Å². The van der Waals surface area contributed by atoms with E-state index in [1.807, 2.05) is 31.2 Å². The van der Waals surface area contributed by atoms with Crippen molar-refractivity contribution in [1.29, 1.82) is 0 Å². The van der Waals surface area contributed by atoms with E-state index in [-0.39, 0.29) is 5.75 Å². The molecule has 0 aliphatic rings. The first-order chi connectivity index (χ1) is 7.70. The standard InChI is InChI=1S/C14H14O2/c1-10-9-12(5-8-14(10)16-2)11-3-6-13(15)7-4-11/h3-9,15H,1-2H3. The van der Waals surface area contributed by atoms with Gasteiger partial charge in [-0.2, -0.15) is 0 Å². The largest absolute Gasteiger partial charge is 0.508 e. The molecule has 0 heterocycles. The average molecular weight is 214 g/mol. The Labute approximate surface area is 95.1 Å². The molecule has 0 saturated heterocycles. The minimum Gasteiger partial charge on any atom is -0.508 e. The quantitative estimate of drug-likeness (QED) is 0.830. The van der Waals surface area contributed by atoms with Crippen LogP contribution < -0.4 is 4.74 Å². The van der Waals surface area contributed by atoms with Gasteiger partial charge in [-0.1, -0.05) is 18.2 Å². The molecule has 2 aromatic rings. The number of benzene rings is 2. The number of ether oxygens (including phenoxy) is 1. The molecule has 2 heteroatoms. The highest BCUT2D eigenvalue weighted by molar-refractivity contribution is 5.66. The lowest BCUT2D eigenvalue weighted by Crippen LogP contribution is -1.87. The van der Waals surface area contributed by atoms with Gasteiger partial charge in [0.15, 0.2) is 0 Å². The molecule has 0 unspecified atom stereocenters. The van der Waals surface area contributed by atoms with Crippen LogP contribution in [0.25, 0.3) is 11.1 Å². The first kappa shape index (κ1) is 10.6. The van der Waals surface area contributed by atoms with E-state index >= 15 is 0 Å². The molecule has 0 bridgehead atoms. The fraction of sp³-hybridized carbons (Fsp3) is 0.143. The van der Waals surface area contributed by atoms with Crippen molar-refractivity contribution in [1.82, 2.24) is 0 Å². The zero-order chi connectivity index (χ0) is 11.5. The summed E-state index contributed by atoms with van der Waals surface area (Å²) in [7, 11) is 1.67. The Morgan fingerprint density at radius 3 is 2.12 bits per heavy atom. The van der Waals surface area contributed by atoms with Crippen molar-refractivity contribution in [2.75, 3.05) is 7.11 Å². The van der Waals surface area contributed by atoms with Crippen molar-refractivity contribution >= 4 is 0 Å². The van der Waals surface area contributed by atoms with Crippen molar-refractivity contribution in [3.8, 4) is 22.6 Å². The second-order valence-corrected chi connectivity index (χ2v) is 3.73. The number of phenols is 1. The maximum atomic E-state index is 9.22. The molecule has 2 nitrogen and oxygen atoms in total. The van der Waals surface area contributed by atoms with Crippen molar-refractivity contribution < 1.29 is 9.84 Å². The van der Waals surface area contributed by atoms with Gasteiger partial charge in [-0.25, -0.2) is 0 Å². The minimum absolute atomic E-state index is 0.286. The number of hydrogen-bond donors (Lipinski definition) is 1. The van der Waals surface area contributed by atoms with Crippen molar-refractivity contribution in [3.05, 3.63) is 48.0 Å². The normalized spacial score (nSPS) is 10.1. The summed E-state index contributed by atoms with van der Waals surface area (Å²) in [5, 5.41) is 9.22. The fourth-order valence-electron chi connectivity index (χ4n) is 1.71. The predicted octanol–water partition coefficient (Wildman–Crippen LogP) is 3.38. The third-order valence-electron chi connectivity index (χ3n) is 2.60. The third kappa shape index (κ3) is 2.01. The topological polar surface area (TPSA) is 29.5 Å². The van der Waals surface area contributed by atoms with Gasteiger partial charge in [-0.3, -0.25) is 0 Å². The van der Waals surface area contributed by atoms with Gasteiger partial charge in [-0.05, 0) is 47.9 Å². The number of methoxy groups -OCH3 is 1. The highest BCUT2D eigenvalue weighted by Crippen LogP contribution is 2.26. The lowest BCUT2D eigenvalue weighted by molar-refractivity contribution is 0.412. The Bertz CT molecular complexity index is 487. The van der Waals surface area contributed by atoms with Gasteiger partial charge >= 0.3 is 0 Å². The molecule has 0 aromatic heterocycles. The second kappa shape index (κ2) is 4.27. The van der Waals surface area contributed by atoms with E-state index in [4.69, 9.17) is 4.74 Å². The van der Waals surface area contributed by atoms with E-state index in [0.717, 1.165) is 22.4 Å². The number of rotatable bonds is 2. The fourth-order valence-corrected chi connectivity index (χ4v) is 1.71. The summed E-state index contributed by atoms with van der Waals surface area (Å²) in [5.74, 6) is 1.18. The van der Waals surface area contributed by atoms with Gasteiger partial charge in [0.25, 0.3) is 0 Å². The van der Waals surface area contributed by atoms with Crippen LogP contribution >= 0.6 is 0 Å². The van der Waals surface area contributed by atoms with Crippen LogP contribution in [-0.2, 0) is 0 Å². The van der Waals surface area contributed by atoms with E-state index in [0.29, 0.717) is 0 Å². The van der Waals surface area contributed by atoms with Gasteiger partial charge in [0, 0.05) is 0 Å². The molecule has 1 N–H and O–H groups in total. The number of aromatic hydroxyl groups is 1. The molecule has 16 heavy (non-hydrogen) atoms. The molecule has 0 amide bonds. The van der Waals surface area contributed by atoms with Gasteiger partial charge in [0.05, 0.1) is 7.11 Å². The number of aryl methyl sites for hydroxylation is 1. The first-order valence-corrected chi connectivity index (χ1v) is 5.15. The monoisotopic (exact) mass is 214 g/mol. The van der Waals surface area contributed by atoms with E-state index in [1.54, 1.807) is 19.2 Å². The second-order valence-electron chi connectivity index (χ2n) is 3.73.